The second-order valence-electron chi connectivity index (χ2n) is 5.77. The molecule has 0 unspecified atom stereocenters. The van der Waals surface area contributed by atoms with Crippen LogP contribution in [0, 0.1) is 6.92 Å². The van der Waals surface area contributed by atoms with Crippen molar-refractivity contribution in [2.75, 3.05) is 0 Å². The summed E-state index contributed by atoms with van der Waals surface area (Å²) >= 11 is 0. The maximum atomic E-state index is 12.5. The molecule has 1 aromatic carbocycles. The van der Waals surface area contributed by atoms with E-state index in [1.807, 2.05) is 51.1 Å². The number of furan rings is 1. The molecule has 5 nitrogen and oxygen atoms in total. The van der Waals surface area contributed by atoms with Crippen molar-refractivity contribution in [2.24, 2.45) is 0 Å². The fourth-order valence-electron chi connectivity index (χ4n) is 2.31. The van der Waals surface area contributed by atoms with Gasteiger partial charge in [0.25, 0.3) is 5.91 Å². The van der Waals surface area contributed by atoms with Crippen LogP contribution >= 0.6 is 0 Å². The lowest BCUT2D eigenvalue weighted by molar-refractivity contribution is 0.0935. The van der Waals surface area contributed by atoms with Crippen molar-refractivity contribution < 1.29 is 9.21 Å². The van der Waals surface area contributed by atoms with Crippen molar-refractivity contribution in [2.45, 2.75) is 26.8 Å². The van der Waals surface area contributed by atoms with E-state index in [1.165, 1.54) is 0 Å². The van der Waals surface area contributed by atoms with Crippen molar-refractivity contribution in [3.8, 4) is 17.1 Å². The molecule has 2 aromatic heterocycles. The highest BCUT2D eigenvalue weighted by Crippen LogP contribution is 2.22. The molecule has 5 heteroatoms. The fraction of sp³-hybridized carbons (Fsp3) is 0.222. The third-order valence-electron chi connectivity index (χ3n) is 3.41. The number of aromatic nitrogens is 2. The Hall–Kier alpha value is -2.82. The van der Waals surface area contributed by atoms with E-state index in [0.29, 0.717) is 17.1 Å². The number of benzene rings is 1. The van der Waals surface area contributed by atoms with Gasteiger partial charge in [-0.25, -0.2) is 4.68 Å². The van der Waals surface area contributed by atoms with Crippen LogP contribution in [0.4, 0.5) is 0 Å². The molecule has 0 bridgehead atoms. The third-order valence-corrected chi connectivity index (χ3v) is 3.41. The van der Waals surface area contributed by atoms with Gasteiger partial charge in [0.05, 0.1) is 12.0 Å². The summed E-state index contributed by atoms with van der Waals surface area (Å²) in [6.07, 6.45) is 1.59. The second kappa shape index (κ2) is 6.12. The van der Waals surface area contributed by atoms with Crippen molar-refractivity contribution in [1.29, 1.82) is 0 Å². The number of nitrogens with one attached hydrogen (secondary N) is 1. The van der Waals surface area contributed by atoms with Crippen LogP contribution in [-0.2, 0) is 0 Å². The molecule has 2 heterocycles. The first-order chi connectivity index (χ1) is 11.0. The van der Waals surface area contributed by atoms with E-state index in [4.69, 9.17) is 4.42 Å². The molecule has 23 heavy (non-hydrogen) atoms. The molecule has 3 rings (SSSR count). The van der Waals surface area contributed by atoms with Crippen LogP contribution in [0.15, 0.2) is 53.1 Å². The smallest absolute Gasteiger partial charge is 0.270 e. The summed E-state index contributed by atoms with van der Waals surface area (Å²) in [4.78, 5) is 12.5. The monoisotopic (exact) mass is 309 g/mol. The first-order valence-electron chi connectivity index (χ1n) is 7.56. The Bertz CT molecular complexity index is 799. The summed E-state index contributed by atoms with van der Waals surface area (Å²) in [6, 6.07) is 13.3. The number of rotatable bonds is 4. The molecule has 3 aromatic rings. The zero-order valence-corrected chi connectivity index (χ0v) is 13.4. The van der Waals surface area contributed by atoms with Crippen LogP contribution in [-0.4, -0.2) is 21.7 Å². The fourth-order valence-corrected chi connectivity index (χ4v) is 2.31. The number of hydrogen-bond acceptors (Lipinski definition) is 3. The van der Waals surface area contributed by atoms with Gasteiger partial charge in [-0.2, -0.15) is 5.10 Å². The minimum Gasteiger partial charge on any atom is -0.463 e. The van der Waals surface area contributed by atoms with Gasteiger partial charge in [-0.15, -0.1) is 0 Å². The number of carbonyl (C=O) groups is 1. The summed E-state index contributed by atoms with van der Waals surface area (Å²) in [5.41, 5.74) is 3.10. The third kappa shape index (κ3) is 3.18. The number of carbonyl (C=O) groups excluding carboxylic acids is 1. The van der Waals surface area contributed by atoms with Crippen LogP contribution in [0.25, 0.3) is 17.1 Å². The average molecular weight is 309 g/mol. The van der Waals surface area contributed by atoms with Crippen molar-refractivity contribution >= 4 is 5.91 Å². The Labute approximate surface area is 134 Å². The molecular formula is C18H19N3O2. The van der Waals surface area contributed by atoms with Crippen LogP contribution in [0.3, 0.4) is 0 Å². The van der Waals surface area contributed by atoms with Gasteiger partial charge < -0.3 is 9.73 Å². The van der Waals surface area contributed by atoms with Gasteiger partial charge >= 0.3 is 0 Å². The van der Waals surface area contributed by atoms with E-state index in [2.05, 4.69) is 10.4 Å². The predicted octanol–water partition coefficient (Wildman–Crippen LogP) is 3.58. The predicted molar refractivity (Wildman–Crippen MR) is 88.6 cm³/mol. The molecule has 0 aliphatic rings. The van der Waals surface area contributed by atoms with Gasteiger partial charge in [0.1, 0.15) is 11.4 Å². The second-order valence-corrected chi connectivity index (χ2v) is 5.77. The van der Waals surface area contributed by atoms with Gasteiger partial charge in [-0.05, 0) is 45.0 Å². The quantitative estimate of drug-likeness (QED) is 0.801. The standard InChI is InChI=1S/C18H19N3O2/c1-12(2)19-18(22)16-11-15(17-5-4-10-23-17)20-21(16)14-8-6-13(3)7-9-14/h4-12H,1-3H3,(H,19,22). The van der Waals surface area contributed by atoms with Crippen LogP contribution in [0.5, 0.6) is 0 Å². The van der Waals surface area contributed by atoms with E-state index in [1.54, 1.807) is 23.1 Å². The van der Waals surface area contributed by atoms with Gasteiger partial charge in [0.2, 0.25) is 0 Å². The zero-order chi connectivity index (χ0) is 16.4. The largest absolute Gasteiger partial charge is 0.463 e. The highest BCUT2D eigenvalue weighted by Gasteiger charge is 2.19. The normalized spacial score (nSPS) is 11.0. The summed E-state index contributed by atoms with van der Waals surface area (Å²) in [6.45, 7) is 5.88. The molecule has 0 aliphatic carbocycles. The Balaban J connectivity index is 2.08. The number of aryl methyl sites for hydroxylation is 1. The Morgan fingerprint density at radius 3 is 2.57 bits per heavy atom. The molecule has 118 valence electrons. The van der Waals surface area contributed by atoms with E-state index in [9.17, 15) is 4.79 Å². The Kier molecular flexibility index (Phi) is 4.02. The highest BCUT2D eigenvalue weighted by atomic mass is 16.3. The molecule has 0 fully saturated rings. The maximum Gasteiger partial charge on any atom is 0.270 e. The number of amides is 1. The minimum absolute atomic E-state index is 0.0518. The van der Waals surface area contributed by atoms with E-state index >= 15 is 0 Å². The Morgan fingerprint density at radius 2 is 1.96 bits per heavy atom. The number of hydrogen-bond donors (Lipinski definition) is 1. The molecule has 1 N–H and O–H groups in total. The average Bonchev–Trinajstić information content (AvgIpc) is 3.16. The van der Waals surface area contributed by atoms with Crippen molar-refractivity contribution in [3.63, 3.8) is 0 Å². The molecule has 1 amide bonds. The van der Waals surface area contributed by atoms with Gasteiger partial charge in [-0.1, -0.05) is 17.7 Å². The highest BCUT2D eigenvalue weighted by molar-refractivity contribution is 5.94. The molecule has 0 aliphatic heterocycles. The maximum absolute atomic E-state index is 12.5. The van der Waals surface area contributed by atoms with Gasteiger partial charge in [0, 0.05) is 12.1 Å². The molecule has 0 atom stereocenters. The first kappa shape index (κ1) is 15.1. The zero-order valence-electron chi connectivity index (χ0n) is 13.4. The van der Waals surface area contributed by atoms with Crippen molar-refractivity contribution in [3.05, 3.63) is 60.0 Å². The first-order valence-corrected chi connectivity index (χ1v) is 7.56. The van der Waals surface area contributed by atoms with Crippen LogP contribution in [0.1, 0.15) is 29.9 Å². The molecule has 0 spiro atoms. The molecule has 0 saturated heterocycles. The summed E-state index contributed by atoms with van der Waals surface area (Å²) in [5.74, 6) is 0.473. The van der Waals surface area contributed by atoms with Gasteiger partial charge in [0.15, 0.2) is 5.76 Å². The topological polar surface area (TPSA) is 60.1 Å². The Morgan fingerprint density at radius 1 is 1.22 bits per heavy atom. The lowest BCUT2D eigenvalue weighted by Gasteiger charge is -2.10. The summed E-state index contributed by atoms with van der Waals surface area (Å²) < 4.78 is 7.04. The minimum atomic E-state index is -0.161. The number of nitrogens with zero attached hydrogens (tertiary/aromatic N) is 2. The van der Waals surface area contributed by atoms with Crippen molar-refractivity contribution in [1.82, 2.24) is 15.1 Å². The van der Waals surface area contributed by atoms with Crippen LogP contribution < -0.4 is 5.32 Å². The lowest BCUT2D eigenvalue weighted by atomic mass is 10.2. The molecule has 0 saturated carbocycles. The van der Waals surface area contributed by atoms with Crippen LogP contribution in [0.2, 0.25) is 0 Å². The summed E-state index contributed by atoms with van der Waals surface area (Å²) in [5, 5.41) is 7.45. The van der Waals surface area contributed by atoms with Gasteiger partial charge in [-0.3, -0.25) is 4.79 Å². The molecule has 0 radical (unpaired) electrons. The lowest BCUT2D eigenvalue weighted by Crippen LogP contribution is -2.31. The van der Waals surface area contributed by atoms with E-state index in [-0.39, 0.29) is 11.9 Å². The molecular weight excluding hydrogens is 290 g/mol. The van der Waals surface area contributed by atoms with E-state index < -0.39 is 0 Å². The summed E-state index contributed by atoms with van der Waals surface area (Å²) in [7, 11) is 0. The van der Waals surface area contributed by atoms with E-state index in [0.717, 1.165) is 11.3 Å². The SMILES string of the molecule is Cc1ccc(-n2nc(-c3ccco3)cc2C(=O)NC(C)C)cc1.